The summed E-state index contributed by atoms with van der Waals surface area (Å²) in [7, 11) is 0.0286. The van der Waals surface area contributed by atoms with E-state index in [1.807, 2.05) is 25.8 Å². The third kappa shape index (κ3) is 5.56. The number of rotatable bonds is 8. The van der Waals surface area contributed by atoms with E-state index in [4.69, 9.17) is 14.4 Å². The van der Waals surface area contributed by atoms with Crippen LogP contribution in [0.25, 0.3) is 11.5 Å². The highest BCUT2D eigenvalue weighted by molar-refractivity contribution is 6.74. The number of aryl methyl sites for hydroxylation is 1. The van der Waals surface area contributed by atoms with Crippen LogP contribution < -0.4 is 10.2 Å². The zero-order valence-electron chi connectivity index (χ0n) is 20.8. The van der Waals surface area contributed by atoms with Gasteiger partial charge in [0, 0.05) is 24.5 Å². The van der Waals surface area contributed by atoms with Crippen molar-refractivity contribution in [3.8, 4) is 11.5 Å². The number of nitrogens with one attached hydrogen (secondary N) is 2. The maximum Gasteiger partial charge on any atom is 0.240 e. The topological polar surface area (TPSA) is 96.0 Å². The van der Waals surface area contributed by atoms with E-state index in [-0.39, 0.29) is 17.5 Å². The van der Waals surface area contributed by atoms with Crippen LogP contribution in [0, 0.1) is 0 Å². The minimum Gasteiger partial charge on any atom is -0.414 e. The zero-order valence-corrected chi connectivity index (χ0v) is 21.8. The van der Waals surface area contributed by atoms with Crippen LogP contribution >= 0.6 is 0 Å². The van der Waals surface area contributed by atoms with Crippen molar-refractivity contribution in [3.63, 3.8) is 0 Å². The van der Waals surface area contributed by atoms with E-state index in [0.29, 0.717) is 18.1 Å². The Labute approximate surface area is 192 Å². The quantitative estimate of drug-likeness (QED) is 0.586. The first-order valence-electron chi connectivity index (χ1n) is 11.3. The van der Waals surface area contributed by atoms with E-state index < -0.39 is 13.9 Å². The number of aromatic nitrogens is 4. The molecule has 0 spiro atoms. The van der Waals surface area contributed by atoms with Crippen molar-refractivity contribution in [1.82, 2.24) is 25.3 Å². The smallest absolute Gasteiger partial charge is 0.240 e. The molecule has 0 fully saturated rings. The van der Waals surface area contributed by atoms with Gasteiger partial charge in [0.15, 0.2) is 14.1 Å². The molecule has 0 aromatic carbocycles. The third-order valence-electron chi connectivity index (χ3n) is 6.46. The van der Waals surface area contributed by atoms with Crippen LogP contribution in [0.4, 0.5) is 5.82 Å². The Hall–Kier alpha value is -2.26. The van der Waals surface area contributed by atoms with Crippen molar-refractivity contribution in [2.24, 2.45) is 0 Å². The van der Waals surface area contributed by atoms with Gasteiger partial charge < -0.3 is 19.6 Å². The van der Waals surface area contributed by atoms with E-state index >= 15 is 0 Å². The molecule has 9 heteroatoms. The standard InChI is InChI=1S/C23H38N6O2Si/c1-22(2,3)32(7,8)31-14-23(4,5)28-19(30)13-29(6)21-16-10-9-11-17(16)26-20(27-21)18-12-24-15-25-18/h12,15H,9-11,13-14H2,1-8H3,(H,24,25)(H,28,30). The number of H-pyrrole nitrogens is 1. The van der Waals surface area contributed by atoms with Gasteiger partial charge in [0.05, 0.1) is 25.0 Å². The lowest BCUT2D eigenvalue weighted by molar-refractivity contribution is -0.121. The molecule has 32 heavy (non-hydrogen) atoms. The van der Waals surface area contributed by atoms with Gasteiger partial charge in [-0.2, -0.15) is 0 Å². The number of fused-ring (bicyclic) bond motifs is 1. The van der Waals surface area contributed by atoms with Gasteiger partial charge >= 0.3 is 0 Å². The number of amides is 1. The summed E-state index contributed by atoms with van der Waals surface area (Å²) in [6, 6.07) is 0. The van der Waals surface area contributed by atoms with Gasteiger partial charge in [-0.15, -0.1) is 0 Å². The molecule has 0 unspecified atom stereocenters. The van der Waals surface area contributed by atoms with Crippen LogP contribution in [0.2, 0.25) is 18.1 Å². The summed E-state index contributed by atoms with van der Waals surface area (Å²) in [6.45, 7) is 15.8. The molecular weight excluding hydrogens is 420 g/mol. The van der Waals surface area contributed by atoms with Gasteiger partial charge in [-0.3, -0.25) is 4.79 Å². The molecule has 0 atom stereocenters. The average molecular weight is 459 g/mol. The number of nitrogens with zero attached hydrogens (tertiary/aromatic N) is 4. The Bertz CT molecular complexity index is 950. The number of anilines is 1. The minimum atomic E-state index is -1.88. The molecule has 8 nitrogen and oxygen atoms in total. The second kappa shape index (κ2) is 8.94. The van der Waals surface area contributed by atoms with Crippen molar-refractivity contribution in [2.45, 2.75) is 77.6 Å². The summed E-state index contributed by atoms with van der Waals surface area (Å²) in [5, 5.41) is 3.28. The SMILES string of the molecule is CN(CC(=O)NC(C)(C)CO[Si](C)(C)C(C)(C)C)c1nc(-c2c[nH]cn2)nc2c1CCC2. The second-order valence-electron chi connectivity index (χ2n) is 10.9. The molecule has 0 saturated heterocycles. The molecule has 1 aliphatic rings. The Morgan fingerprint density at radius 1 is 1.22 bits per heavy atom. The average Bonchev–Trinajstić information content (AvgIpc) is 3.35. The Kier molecular flexibility index (Phi) is 6.81. The normalized spacial score (nSPS) is 14.4. The van der Waals surface area contributed by atoms with Crippen molar-refractivity contribution in [3.05, 3.63) is 23.8 Å². The Balaban J connectivity index is 1.68. The van der Waals surface area contributed by atoms with Gasteiger partial charge in [-0.1, -0.05) is 20.8 Å². The molecule has 1 amide bonds. The maximum absolute atomic E-state index is 12.9. The molecule has 176 valence electrons. The number of likely N-dealkylation sites (N-methyl/N-ethyl adjacent to an activating group) is 1. The third-order valence-corrected chi connectivity index (χ3v) is 10.9. The predicted octanol–water partition coefficient (Wildman–Crippen LogP) is 3.71. The summed E-state index contributed by atoms with van der Waals surface area (Å²) in [4.78, 5) is 31.6. The molecule has 1 aliphatic carbocycles. The first-order valence-corrected chi connectivity index (χ1v) is 14.2. The number of aromatic amines is 1. The molecule has 0 bridgehead atoms. The molecule has 2 aromatic heterocycles. The van der Waals surface area contributed by atoms with Crippen LogP contribution in [0.15, 0.2) is 12.5 Å². The molecule has 3 rings (SSSR count). The highest BCUT2D eigenvalue weighted by Gasteiger charge is 2.38. The predicted molar refractivity (Wildman–Crippen MR) is 130 cm³/mol. The largest absolute Gasteiger partial charge is 0.414 e. The van der Waals surface area contributed by atoms with Crippen LogP contribution in [0.3, 0.4) is 0 Å². The van der Waals surface area contributed by atoms with Crippen molar-refractivity contribution >= 4 is 20.0 Å². The molecule has 2 N–H and O–H groups in total. The Morgan fingerprint density at radius 3 is 2.56 bits per heavy atom. The maximum atomic E-state index is 12.9. The van der Waals surface area contributed by atoms with Gasteiger partial charge in [0.2, 0.25) is 5.91 Å². The van der Waals surface area contributed by atoms with Gasteiger partial charge in [0.25, 0.3) is 0 Å². The summed E-state index contributed by atoms with van der Waals surface area (Å²) in [5.41, 5.74) is 2.45. The van der Waals surface area contributed by atoms with Gasteiger partial charge in [-0.25, -0.2) is 15.0 Å². The fraction of sp³-hybridized carbons (Fsp3) is 0.652. The van der Waals surface area contributed by atoms with Crippen molar-refractivity contribution < 1.29 is 9.22 Å². The fourth-order valence-electron chi connectivity index (χ4n) is 3.55. The molecule has 2 aromatic rings. The summed E-state index contributed by atoms with van der Waals surface area (Å²) in [6.07, 6.45) is 6.33. The molecular formula is C23H38N6O2Si. The van der Waals surface area contributed by atoms with E-state index in [0.717, 1.165) is 36.3 Å². The van der Waals surface area contributed by atoms with Crippen molar-refractivity contribution in [2.75, 3.05) is 25.1 Å². The van der Waals surface area contributed by atoms with E-state index in [1.54, 1.807) is 12.5 Å². The molecule has 0 radical (unpaired) electrons. The lowest BCUT2D eigenvalue weighted by Crippen LogP contribution is -2.53. The Morgan fingerprint density at radius 2 is 1.94 bits per heavy atom. The summed E-state index contributed by atoms with van der Waals surface area (Å²) in [5.74, 6) is 1.36. The highest BCUT2D eigenvalue weighted by Crippen LogP contribution is 2.37. The number of carbonyl (C=O) groups is 1. The second-order valence-corrected chi connectivity index (χ2v) is 15.8. The summed E-state index contributed by atoms with van der Waals surface area (Å²) < 4.78 is 6.35. The van der Waals surface area contributed by atoms with Gasteiger partial charge in [0.1, 0.15) is 11.5 Å². The monoisotopic (exact) mass is 458 g/mol. The summed E-state index contributed by atoms with van der Waals surface area (Å²) >= 11 is 0. The van der Waals surface area contributed by atoms with Crippen LogP contribution in [0.5, 0.6) is 0 Å². The first-order chi connectivity index (χ1) is 14.8. The van der Waals surface area contributed by atoms with Crippen molar-refractivity contribution in [1.29, 1.82) is 0 Å². The van der Waals surface area contributed by atoms with E-state index in [9.17, 15) is 4.79 Å². The van der Waals surface area contributed by atoms with Gasteiger partial charge in [-0.05, 0) is 51.2 Å². The molecule has 2 heterocycles. The number of hydrogen-bond acceptors (Lipinski definition) is 6. The minimum absolute atomic E-state index is 0.0528. The zero-order chi connectivity index (χ0) is 23.7. The lowest BCUT2D eigenvalue weighted by atomic mass is 10.1. The van der Waals surface area contributed by atoms with Crippen LogP contribution in [0.1, 0.15) is 52.3 Å². The molecule has 0 saturated carbocycles. The highest BCUT2D eigenvalue weighted by atomic mass is 28.4. The number of hydrogen-bond donors (Lipinski definition) is 2. The number of imidazole rings is 1. The first kappa shape index (κ1) is 24.4. The number of carbonyl (C=O) groups excluding carboxylic acids is 1. The van der Waals surface area contributed by atoms with Crippen LogP contribution in [-0.4, -0.2) is 59.9 Å². The van der Waals surface area contributed by atoms with Crippen LogP contribution in [-0.2, 0) is 22.1 Å². The van der Waals surface area contributed by atoms with E-state index in [1.165, 1.54) is 0 Å². The fourth-order valence-corrected chi connectivity index (χ4v) is 4.70. The van der Waals surface area contributed by atoms with E-state index in [2.05, 4.69) is 49.1 Å². The molecule has 0 aliphatic heterocycles. The lowest BCUT2D eigenvalue weighted by Gasteiger charge is -2.39.